The Morgan fingerprint density at radius 1 is 1.40 bits per heavy atom. The van der Waals surface area contributed by atoms with Gasteiger partial charge in [-0.15, -0.1) is 0 Å². The van der Waals surface area contributed by atoms with Gasteiger partial charge >= 0.3 is 5.97 Å². The molecule has 1 aromatic rings. The number of carboxylic acid groups (broad SMARTS) is 1. The van der Waals surface area contributed by atoms with Gasteiger partial charge in [-0.2, -0.15) is 0 Å². The number of carbonyl (C=O) groups excluding carboxylic acids is 1. The fourth-order valence-corrected chi connectivity index (χ4v) is 1.99. The number of halogens is 1. The van der Waals surface area contributed by atoms with E-state index >= 15 is 0 Å². The molecule has 20 heavy (non-hydrogen) atoms. The van der Waals surface area contributed by atoms with Crippen LogP contribution in [-0.2, 0) is 14.3 Å². The number of carboxylic acids is 1. The monoisotopic (exact) mass is 283 g/mol. The van der Waals surface area contributed by atoms with Crippen LogP contribution in [-0.4, -0.2) is 36.3 Å². The summed E-state index contributed by atoms with van der Waals surface area (Å²) in [4.78, 5) is 22.7. The van der Waals surface area contributed by atoms with Crippen LogP contribution in [0.5, 0.6) is 5.75 Å². The summed E-state index contributed by atoms with van der Waals surface area (Å²) < 4.78 is 23.1. The van der Waals surface area contributed by atoms with E-state index in [9.17, 15) is 14.0 Å². The summed E-state index contributed by atoms with van der Waals surface area (Å²) in [5.41, 5.74) is 0.307. The third-order valence-corrected chi connectivity index (χ3v) is 3.01. The SMILES string of the molecule is COc1cc(F)ccc1NC(=O)[C@@H]1CC[C@H](C(=O)O)O1. The molecule has 2 rings (SSSR count). The highest BCUT2D eigenvalue weighted by molar-refractivity contribution is 5.96. The molecule has 1 amide bonds. The Kier molecular flexibility index (Phi) is 4.19. The zero-order valence-electron chi connectivity index (χ0n) is 10.8. The van der Waals surface area contributed by atoms with Gasteiger partial charge in [-0.25, -0.2) is 9.18 Å². The largest absolute Gasteiger partial charge is 0.494 e. The molecule has 0 saturated carbocycles. The van der Waals surface area contributed by atoms with E-state index in [4.69, 9.17) is 14.6 Å². The number of aliphatic carboxylic acids is 1. The van der Waals surface area contributed by atoms with Gasteiger partial charge < -0.3 is 19.9 Å². The third kappa shape index (κ3) is 3.05. The van der Waals surface area contributed by atoms with Crippen molar-refractivity contribution in [3.05, 3.63) is 24.0 Å². The first-order chi connectivity index (χ1) is 9.51. The van der Waals surface area contributed by atoms with E-state index in [-0.39, 0.29) is 12.2 Å². The highest BCUT2D eigenvalue weighted by Gasteiger charge is 2.34. The van der Waals surface area contributed by atoms with Gasteiger partial charge in [-0.1, -0.05) is 0 Å². The van der Waals surface area contributed by atoms with Crippen molar-refractivity contribution in [2.24, 2.45) is 0 Å². The van der Waals surface area contributed by atoms with Crippen LogP contribution >= 0.6 is 0 Å². The van der Waals surface area contributed by atoms with Crippen molar-refractivity contribution >= 4 is 17.6 Å². The van der Waals surface area contributed by atoms with E-state index in [1.54, 1.807) is 0 Å². The molecule has 2 atom stereocenters. The standard InChI is InChI=1S/C13H14FNO5/c1-19-11-6-7(14)2-3-8(11)15-12(16)9-4-5-10(20-9)13(17)18/h2-3,6,9-10H,4-5H2,1H3,(H,15,16)(H,17,18)/t9-,10+/m0/s1. The molecule has 1 aliphatic rings. The molecule has 1 heterocycles. The maximum Gasteiger partial charge on any atom is 0.332 e. The molecule has 1 saturated heterocycles. The smallest absolute Gasteiger partial charge is 0.332 e. The molecule has 2 N–H and O–H groups in total. The van der Waals surface area contributed by atoms with Crippen LogP contribution in [0.2, 0.25) is 0 Å². The minimum atomic E-state index is -1.08. The molecule has 0 unspecified atom stereocenters. The Balaban J connectivity index is 2.04. The van der Waals surface area contributed by atoms with Crippen molar-refractivity contribution in [3.63, 3.8) is 0 Å². The summed E-state index contributed by atoms with van der Waals surface area (Å²) in [6.07, 6.45) is -1.17. The van der Waals surface area contributed by atoms with E-state index in [1.807, 2.05) is 0 Å². The quantitative estimate of drug-likeness (QED) is 0.872. The highest BCUT2D eigenvalue weighted by Crippen LogP contribution is 2.27. The first-order valence-electron chi connectivity index (χ1n) is 6.04. The second-order valence-electron chi connectivity index (χ2n) is 4.36. The molecular formula is C13H14FNO5. The maximum absolute atomic E-state index is 13.0. The van der Waals surface area contributed by atoms with Crippen LogP contribution in [0.25, 0.3) is 0 Å². The van der Waals surface area contributed by atoms with Gasteiger partial charge in [0.15, 0.2) is 6.10 Å². The van der Waals surface area contributed by atoms with Gasteiger partial charge in [0, 0.05) is 6.07 Å². The predicted molar refractivity (Wildman–Crippen MR) is 67.1 cm³/mol. The topological polar surface area (TPSA) is 84.9 Å². The first-order valence-corrected chi connectivity index (χ1v) is 6.04. The Labute approximate surface area is 114 Å². The number of anilines is 1. The molecule has 1 aliphatic heterocycles. The number of rotatable bonds is 4. The number of benzene rings is 1. The number of hydrogen-bond donors (Lipinski definition) is 2. The third-order valence-electron chi connectivity index (χ3n) is 3.01. The van der Waals surface area contributed by atoms with Crippen molar-refractivity contribution in [1.29, 1.82) is 0 Å². The fraction of sp³-hybridized carbons (Fsp3) is 0.385. The summed E-state index contributed by atoms with van der Waals surface area (Å²) in [5, 5.41) is 11.3. The van der Waals surface area contributed by atoms with Gasteiger partial charge in [0.05, 0.1) is 12.8 Å². The van der Waals surface area contributed by atoms with Crippen molar-refractivity contribution in [2.45, 2.75) is 25.0 Å². The second kappa shape index (κ2) is 5.87. The predicted octanol–water partition coefficient (Wildman–Crippen LogP) is 1.40. The molecule has 0 aliphatic carbocycles. The number of amides is 1. The number of carbonyl (C=O) groups is 2. The van der Waals surface area contributed by atoms with Crippen LogP contribution in [0, 0.1) is 5.82 Å². The zero-order chi connectivity index (χ0) is 14.7. The lowest BCUT2D eigenvalue weighted by atomic mass is 10.2. The van der Waals surface area contributed by atoms with Crippen LogP contribution in [0.4, 0.5) is 10.1 Å². The van der Waals surface area contributed by atoms with Crippen LogP contribution in [0.3, 0.4) is 0 Å². The Morgan fingerprint density at radius 3 is 2.70 bits per heavy atom. The average Bonchev–Trinajstić information content (AvgIpc) is 2.90. The summed E-state index contributed by atoms with van der Waals surface area (Å²) in [6.45, 7) is 0. The minimum Gasteiger partial charge on any atom is -0.494 e. The number of ether oxygens (including phenoxy) is 2. The lowest BCUT2D eigenvalue weighted by molar-refractivity contribution is -0.150. The summed E-state index contributed by atoms with van der Waals surface area (Å²) in [6, 6.07) is 3.70. The van der Waals surface area contributed by atoms with Gasteiger partial charge in [0.2, 0.25) is 0 Å². The van der Waals surface area contributed by atoms with Crippen LogP contribution in [0.1, 0.15) is 12.8 Å². The summed E-state index contributed by atoms with van der Waals surface area (Å²) >= 11 is 0. The molecule has 0 spiro atoms. The van der Waals surface area contributed by atoms with E-state index in [2.05, 4.69) is 5.32 Å². The van der Waals surface area contributed by atoms with Crippen molar-refractivity contribution in [1.82, 2.24) is 0 Å². The Bertz CT molecular complexity index is 533. The van der Waals surface area contributed by atoms with E-state index in [1.165, 1.54) is 19.2 Å². The van der Waals surface area contributed by atoms with Gasteiger partial charge in [0.1, 0.15) is 17.7 Å². The molecule has 108 valence electrons. The number of hydrogen-bond acceptors (Lipinski definition) is 4. The minimum absolute atomic E-state index is 0.186. The highest BCUT2D eigenvalue weighted by atomic mass is 19.1. The van der Waals surface area contributed by atoms with Crippen molar-refractivity contribution < 1.29 is 28.6 Å². The zero-order valence-corrected chi connectivity index (χ0v) is 10.8. The van der Waals surface area contributed by atoms with Crippen molar-refractivity contribution in [2.75, 3.05) is 12.4 Å². The lowest BCUT2D eigenvalue weighted by Crippen LogP contribution is -2.30. The molecule has 1 aromatic carbocycles. The molecule has 0 radical (unpaired) electrons. The van der Waals surface area contributed by atoms with Gasteiger partial charge in [-0.3, -0.25) is 4.79 Å². The summed E-state index contributed by atoms with van der Waals surface area (Å²) in [7, 11) is 1.36. The van der Waals surface area contributed by atoms with Crippen molar-refractivity contribution in [3.8, 4) is 5.75 Å². The second-order valence-corrected chi connectivity index (χ2v) is 4.36. The summed E-state index contributed by atoms with van der Waals surface area (Å²) in [5.74, 6) is -1.85. The van der Waals surface area contributed by atoms with E-state index < -0.39 is 29.9 Å². The molecule has 6 nitrogen and oxygen atoms in total. The van der Waals surface area contributed by atoms with Gasteiger partial charge in [-0.05, 0) is 25.0 Å². The van der Waals surface area contributed by atoms with Crippen LogP contribution in [0.15, 0.2) is 18.2 Å². The Morgan fingerprint density at radius 2 is 2.10 bits per heavy atom. The average molecular weight is 283 g/mol. The van der Waals surface area contributed by atoms with Crippen LogP contribution < -0.4 is 10.1 Å². The van der Waals surface area contributed by atoms with E-state index in [0.717, 1.165) is 6.07 Å². The maximum atomic E-state index is 13.0. The molecule has 7 heteroatoms. The van der Waals surface area contributed by atoms with Gasteiger partial charge in [0.25, 0.3) is 5.91 Å². The number of nitrogens with one attached hydrogen (secondary N) is 1. The normalized spacial score (nSPS) is 21.5. The molecule has 0 aromatic heterocycles. The molecule has 1 fully saturated rings. The molecule has 0 bridgehead atoms. The Hall–Kier alpha value is -2.15. The lowest BCUT2D eigenvalue weighted by Gasteiger charge is -2.14. The number of methoxy groups -OCH3 is 1. The first kappa shape index (κ1) is 14.3. The molecular weight excluding hydrogens is 269 g/mol. The fourth-order valence-electron chi connectivity index (χ4n) is 1.99. The van der Waals surface area contributed by atoms with E-state index in [0.29, 0.717) is 12.1 Å².